The van der Waals surface area contributed by atoms with Crippen LogP contribution in [0.1, 0.15) is 44.5 Å². The van der Waals surface area contributed by atoms with Crippen LogP contribution >= 0.6 is 0 Å². The van der Waals surface area contributed by atoms with Crippen LogP contribution in [-0.2, 0) is 10.8 Å². The van der Waals surface area contributed by atoms with E-state index in [9.17, 15) is 0 Å². The van der Waals surface area contributed by atoms with E-state index in [2.05, 4.69) is 325 Å². The van der Waals surface area contributed by atoms with E-state index in [-0.39, 0.29) is 0 Å². The van der Waals surface area contributed by atoms with E-state index in [1.807, 2.05) is 0 Å². The first-order valence-corrected chi connectivity index (χ1v) is 26.3. The number of fused-ring (bicyclic) bond motifs is 6. The van der Waals surface area contributed by atoms with E-state index < -0.39 is 10.8 Å². The molecule has 0 bridgehead atoms. The minimum Gasteiger partial charge on any atom is -0.310 e. The fraction of sp³-hybridized carbons (Fsp3) is 0.0270. The number of nitrogens with zero attached hydrogens (tertiary/aromatic N) is 2. The summed E-state index contributed by atoms with van der Waals surface area (Å²) in [6, 6.07) is 117. The summed E-state index contributed by atoms with van der Waals surface area (Å²) in [5.41, 5.74) is 22.2. The highest BCUT2D eigenvalue weighted by molar-refractivity contribution is 6.01. The van der Waals surface area contributed by atoms with Gasteiger partial charge in [-0.05, 0) is 133 Å². The monoisotopic (exact) mass is 968 g/mol. The smallest absolute Gasteiger partial charge is 0.0715 e. The van der Waals surface area contributed by atoms with Crippen molar-refractivity contribution in [2.75, 3.05) is 9.80 Å². The first-order chi connectivity index (χ1) is 37.7. The maximum absolute atomic E-state index is 2.59. The van der Waals surface area contributed by atoms with Crippen LogP contribution in [0.4, 0.5) is 34.1 Å². The third-order valence-corrected chi connectivity index (χ3v) is 16.0. The summed E-state index contributed by atoms with van der Waals surface area (Å²) in [4.78, 5) is 4.91. The quantitative estimate of drug-likeness (QED) is 0.127. The largest absolute Gasteiger partial charge is 0.310 e. The highest BCUT2D eigenvalue weighted by atomic mass is 15.2. The van der Waals surface area contributed by atoms with Gasteiger partial charge in [0, 0.05) is 34.0 Å². The molecule has 2 nitrogen and oxygen atoms in total. The van der Waals surface area contributed by atoms with Crippen molar-refractivity contribution in [1.29, 1.82) is 0 Å². The molecule has 2 aliphatic rings. The van der Waals surface area contributed by atoms with Crippen LogP contribution in [-0.4, -0.2) is 0 Å². The summed E-state index contributed by atoms with van der Waals surface area (Å²) in [5.74, 6) is 0. The van der Waals surface area contributed by atoms with Crippen molar-refractivity contribution in [1.82, 2.24) is 0 Å². The third-order valence-electron chi connectivity index (χ3n) is 16.0. The van der Waals surface area contributed by atoms with Crippen LogP contribution < -0.4 is 9.80 Å². The summed E-state index contributed by atoms with van der Waals surface area (Å²) in [7, 11) is 0. The van der Waals surface area contributed by atoms with Gasteiger partial charge in [0.25, 0.3) is 0 Å². The minimum absolute atomic E-state index is 0.594. The van der Waals surface area contributed by atoms with Gasteiger partial charge in [-0.15, -0.1) is 0 Å². The maximum atomic E-state index is 2.59. The zero-order valence-electron chi connectivity index (χ0n) is 41.9. The van der Waals surface area contributed by atoms with Gasteiger partial charge in [0.05, 0.1) is 16.5 Å². The lowest BCUT2D eigenvalue weighted by Crippen LogP contribution is -2.31. The normalized spacial score (nSPS) is 14.5. The molecule has 76 heavy (non-hydrogen) atoms. The molecular weight excluding hydrogens is 917 g/mol. The van der Waals surface area contributed by atoms with Crippen molar-refractivity contribution >= 4 is 34.1 Å². The molecule has 358 valence electrons. The zero-order valence-corrected chi connectivity index (χ0v) is 41.9. The Kier molecular flexibility index (Phi) is 11.0. The van der Waals surface area contributed by atoms with E-state index in [1.165, 1.54) is 77.9 Å². The molecule has 0 aromatic heterocycles. The molecule has 0 N–H and O–H groups in total. The SMILES string of the molecule is c1ccc(-c2ccc(N(c3ccccc3)c3cc(N(c4ccccc4)c4ccccc4)cc4c3-c3ccccc3C4(c3ccccc3)c3ccc4c(c3)C(c3ccccc3)(c3ccccc3)c3ccccc3-4)cc2)cc1. The van der Waals surface area contributed by atoms with Crippen LogP contribution in [0.25, 0.3) is 33.4 Å². The predicted molar refractivity (Wildman–Crippen MR) is 316 cm³/mol. The Morgan fingerprint density at radius 3 is 1.12 bits per heavy atom. The molecule has 2 heteroatoms. The highest BCUT2D eigenvalue weighted by Gasteiger charge is 2.51. The molecule has 0 radical (unpaired) electrons. The molecule has 0 heterocycles. The molecule has 0 saturated heterocycles. The van der Waals surface area contributed by atoms with Crippen molar-refractivity contribution in [3.63, 3.8) is 0 Å². The molecule has 2 aliphatic carbocycles. The molecule has 0 spiro atoms. The van der Waals surface area contributed by atoms with Gasteiger partial charge in [-0.3, -0.25) is 0 Å². The molecule has 1 unspecified atom stereocenters. The second-order valence-corrected chi connectivity index (χ2v) is 19.9. The highest BCUT2D eigenvalue weighted by Crippen LogP contribution is 2.63. The second kappa shape index (κ2) is 18.6. The van der Waals surface area contributed by atoms with Crippen LogP contribution in [0.5, 0.6) is 0 Å². The van der Waals surface area contributed by atoms with Gasteiger partial charge in [0.2, 0.25) is 0 Å². The Bertz CT molecular complexity index is 3930. The first-order valence-electron chi connectivity index (χ1n) is 26.3. The van der Waals surface area contributed by atoms with Gasteiger partial charge >= 0.3 is 0 Å². The van der Waals surface area contributed by atoms with Crippen molar-refractivity contribution in [2.24, 2.45) is 0 Å². The molecule has 12 aromatic carbocycles. The van der Waals surface area contributed by atoms with Gasteiger partial charge in [-0.25, -0.2) is 0 Å². The lowest BCUT2D eigenvalue weighted by molar-refractivity contribution is 0.742. The van der Waals surface area contributed by atoms with E-state index >= 15 is 0 Å². The van der Waals surface area contributed by atoms with E-state index in [0.29, 0.717) is 0 Å². The summed E-state index contributed by atoms with van der Waals surface area (Å²) in [6.45, 7) is 0. The number of hydrogen-bond acceptors (Lipinski definition) is 2. The number of hydrogen-bond donors (Lipinski definition) is 0. The average molecular weight is 969 g/mol. The van der Waals surface area contributed by atoms with E-state index in [0.717, 1.165) is 34.1 Å². The molecule has 0 aliphatic heterocycles. The van der Waals surface area contributed by atoms with Gasteiger partial charge < -0.3 is 9.80 Å². The van der Waals surface area contributed by atoms with E-state index in [4.69, 9.17) is 0 Å². The number of benzene rings is 12. The van der Waals surface area contributed by atoms with Crippen molar-refractivity contribution < 1.29 is 0 Å². The lowest BCUT2D eigenvalue weighted by Gasteiger charge is -2.38. The van der Waals surface area contributed by atoms with Crippen molar-refractivity contribution in [2.45, 2.75) is 10.8 Å². The summed E-state index contributed by atoms with van der Waals surface area (Å²) >= 11 is 0. The molecular formula is C74H52N2. The Balaban J connectivity index is 1.12. The molecule has 12 aromatic rings. The van der Waals surface area contributed by atoms with Crippen molar-refractivity contribution in [3.8, 4) is 33.4 Å². The number of rotatable bonds is 11. The molecule has 0 fully saturated rings. The minimum atomic E-state index is -0.792. The average Bonchev–Trinajstić information content (AvgIpc) is 4.21. The molecule has 0 saturated carbocycles. The Morgan fingerprint density at radius 2 is 0.592 bits per heavy atom. The van der Waals surface area contributed by atoms with Crippen LogP contribution in [0.15, 0.2) is 315 Å². The van der Waals surface area contributed by atoms with Gasteiger partial charge in [-0.2, -0.15) is 0 Å². The second-order valence-electron chi connectivity index (χ2n) is 19.9. The topological polar surface area (TPSA) is 6.48 Å². The number of para-hydroxylation sites is 3. The standard InChI is InChI=1S/C74H52N2/c1-8-26-53(27-9-1)54-44-47-62(48-45-54)76(61-38-20-7-21-39-61)71-52-63(75(59-34-16-5-17-35-59)60-36-18-6-19-37-60)51-70-72(71)66-41-23-25-43-68(66)74(70,57-32-14-4-15-33-57)58-46-49-65-64-40-22-24-42-67(64)73(69(65)50-58,55-28-10-2-11-29-55)56-30-12-3-13-31-56/h1-52H. The maximum Gasteiger partial charge on any atom is 0.0715 e. The predicted octanol–water partition coefficient (Wildman–Crippen LogP) is 19.0. The zero-order chi connectivity index (χ0) is 50.5. The summed E-state index contributed by atoms with van der Waals surface area (Å²) < 4.78 is 0. The van der Waals surface area contributed by atoms with Crippen LogP contribution in [0.2, 0.25) is 0 Å². The van der Waals surface area contributed by atoms with E-state index in [1.54, 1.807) is 0 Å². The fourth-order valence-corrected chi connectivity index (χ4v) is 12.9. The van der Waals surface area contributed by atoms with Crippen LogP contribution in [0.3, 0.4) is 0 Å². The molecule has 1 atom stereocenters. The first kappa shape index (κ1) is 44.9. The molecule has 14 rings (SSSR count). The Morgan fingerprint density at radius 1 is 0.211 bits per heavy atom. The van der Waals surface area contributed by atoms with Gasteiger partial charge in [-0.1, -0.05) is 255 Å². The molecule has 0 amide bonds. The van der Waals surface area contributed by atoms with Gasteiger partial charge in [0.15, 0.2) is 0 Å². The van der Waals surface area contributed by atoms with Crippen molar-refractivity contribution in [3.05, 3.63) is 360 Å². The third kappa shape index (κ3) is 7.02. The van der Waals surface area contributed by atoms with Gasteiger partial charge in [0.1, 0.15) is 0 Å². The lowest BCUT2D eigenvalue weighted by atomic mass is 9.64. The number of anilines is 6. The summed E-state index contributed by atoms with van der Waals surface area (Å²) in [5, 5.41) is 0. The Labute approximate surface area is 445 Å². The fourth-order valence-electron chi connectivity index (χ4n) is 12.9. The van der Waals surface area contributed by atoms with Crippen LogP contribution in [0, 0.1) is 0 Å². The Hall–Kier alpha value is -9.76. The summed E-state index contributed by atoms with van der Waals surface area (Å²) in [6.07, 6.45) is 0.